The second-order valence-electron chi connectivity index (χ2n) is 7.02. The quantitative estimate of drug-likeness (QED) is 0.344. The Bertz CT molecular complexity index is 1230. The molecule has 0 saturated carbocycles. The molecule has 1 aliphatic rings. The highest BCUT2D eigenvalue weighted by Crippen LogP contribution is 2.34. The molecular weight excluding hydrogens is 424 g/mol. The lowest BCUT2D eigenvalue weighted by Crippen LogP contribution is -2.54. The number of nitrogens with zero attached hydrogens (tertiary/aromatic N) is 1. The van der Waals surface area contributed by atoms with Gasteiger partial charge in [-0.3, -0.25) is 19.8 Å². The molecule has 32 heavy (non-hydrogen) atoms. The molecule has 0 radical (unpaired) electrons. The molecule has 0 unspecified atom stereocenters. The minimum Gasteiger partial charge on any atom is -0.494 e. The number of anilines is 1. The molecule has 2 amide bonds. The summed E-state index contributed by atoms with van der Waals surface area (Å²) in [4.78, 5) is 27.5. The molecule has 1 N–H and O–H groups in total. The number of ether oxygens (including phenoxy) is 2. The number of rotatable bonds is 6. The van der Waals surface area contributed by atoms with Crippen molar-refractivity contribution in [3.8, 4) is 11.5 Å². The Morgan fingerprint density at radius 2 is 1.69 bits per heavy atom. The van der Waals surface area contributed by atoms with Crippen molar-refractivity contribution in [2.24, 2.45) is 0 Å². The van der Waals surface area contributed by atoms with Crippen molar-refractivity contribution >= 4 is 51.7 Å². The topological polar surface area (TPSA) is 67.9 Å². The summed E-state index contributed by atoms with van der Waals surface area (Å²) >= 11 is 5.28. The highest BCUT2D eigenvalue weighted by Gasteiger charge is 2.34. The third-order valence-electron chi connectivity index (χ3n) is 5.01. The van der Waals surface area contributed by atoms with Gasteiger partial charge in [-0.1, -0.05) is 30.3 Å². The number of nitrogens with one attached hydrogen (secondary N) is 1. The van der Waals surface area contributed by atoms with Crippen LogP contribution >= 0.6 is 12.2 Å². The number of thiocarbonyl (C=S) groups is 1. The number of para-hydroxylation sites is 1. The monoisotopic (exact) mass is 446 g/mol. The van der Waals surface area contributed by atoms with Gasteiger partial charge < -0.3 is 9.47 Å². The number of hydrogen-bond acceptors (Lipinski definition) is 5. The molecule has 0 spiro atoms. The van der Waals surface area contributed by atoms with Crippen LogP contribution in [0.25, 0.3) is 16.8 Å². The minimum absolute atomic E-state index is 0.0299. The maximum atomic E-state index is 13.4. The zero-order valence-corrected chi connectivity index (χ0v) is 18.6. The van der Waals surface area contributed by atoms with E-state index in [9.17, 15) is 9.59 Å². The molecule has 0 aromatic heterocycles. The maximum absolute atomic E-state index is 13.4. The first kappa shape index (κ1) is 21.5. The van der Waals surface area contributed by atoms with Gasteiger partial charge in [0, 0.05) is 5.56 Å². The van der Waals surface area contributed by atoms with Crippen LogP contribution in [-0.4, -0.2) is 30.1 Å². The summed E-state index contributed by atoms with van der Waals surface area (Å²) in [6.07, 6.45) is 1.57. The Balaban J connectivity index is 1.88. The summed E-state index contributed by atoms with van der Waals surface area (Å²) in [5.74, 6) is 0.221. The minimum atomic E-state index is -0.549. The van der Waals surface area contributed by atoms with Gasteiger partial charge in [-0.15, -0.1) is 0 Å². The summed E-state index contributed by atoms with van der Waals surface area (Å²) in [5.41, 5.74) is 1.18. The van der Waals surface area contributed by atoms with Gasteiger partial charge in [0.1, 0.15) is 17.1 Å². The molecule has 162 valence electrons. The van der Waals surface area contributed by atoms with E-state index < -0.39 is 11.8 Å². The van der Waals surface area contributed by atoms with Gasteiger partial charge in [0.15, 0.2) is 5.11 Å². The van der Waals surface area contributed by atoms with Crippen molar-refractivity contribution in [1.82, 2.24) is 5.32 Å². The van der Waals surface area contributed by atoms with Crippen LogP contribution in [0.1, 0.15) is 19.4 Å². The van der Waals surface area contributed by atoms with E-state index in [2.05, 4.69) is 5.32 Å². The SMILES string of the molecule is CCOc1ccc2ccc(OCC)c(/C=C3\C(=O)NC(=S)N(c4ccccc4)C3=O)c2c1. The second-order valence-corrected chi connectivity index (χ2v) is 7.41. The van der Waals surface area contributed by atoms with Gasteiger partial charge in [-0.05, 0) is 73.2 Å². The summed E-state index contributed by atoms with van der Waals surface area (Å²) in [6, 6.07) is 18.5. The van der Waals surface area contributed by atoms with Gasteiger partial charge in [0.25, 0.3) is 11.8 Å². The van der Waals surface area contributed by atoms with Gasteiger partial charge in [0.05, 0.1) is 18.9 Å². The van der Waals surface area contributed by atoms with Gasteiger partial charge in [-0.25, -0.2) is 0 Å². The molecule has 1 aliphatic heterocycles. The molecule has 6 nitrogen and oxygen atoms in total. The Morgan fingerprint density at radius 1 is 0.969 bits per heavy atom. The van der Waals surface area contributed by atoms with E-state index in [-0.39, 0.29) is 10.7 Å². The van der Waals surface area contributed by atoms with Crippen LogP contribution in [0.15, 0.2) is 66.2 Å². The van der Waals surface area contributed by atoms with Crippen LogP contribution in [0.3, 0.4) is 0 Å². The van der Waals surface area contributed by atoms with Gasteiger partial charge in [0.2, 0.25) is 0 Å². The van der Waals surface area contributed by atoms with E-state index in [1.165, 1.54) is 4.90 Å². The largest absolute Gasteiger partial charge is 0.494 e. The second kappa shape index (κ2) is 9.20. The van der Waals surface area contributed by atoms with Gasteiger partial charge >= 0.3 is 0 Å². The summed E-state index contributed by atoms with van der Waals surface area (Å²) in [7, 11) is 0. The van der Waals surface area contributed by atoms with E-state index in [0.29, 0.717) is 36.0 Å². The fraction of sp³-hybridized carbons (Fsp3) is 0.160. The lowest BCUT2D eigenvalue weighted by molar-refractivity contribution is -0.122. The first-order chi connectivity index (χ1) is 15.5. The molecule has 0 bridgehead atoms. The zero-order chi connectivity index (χ0) is 22.7. The Kier molecular flexibility index (Phi) is 6.18. The molecule has 3 aromatic carbocycles. The van der Waals surface area contributed by atoms with Crippen LogP contribution in [0.2, 0.25) is 0 Å². The highest BCUT2D eigenvalue weighted by molar-refractivity contribution is 7.80. The van der Waals surface area contributed by atoms with Crippen molar-refractivity contribution in [2.75, 3.05) is 18.1 Å². The van der Waals surface area contributed by atoms with Crippen LogP contribution in [0.5, 0.6) is 11.5 Å². The number of fused-ring (bicyclic) bond motifs is 1. The summed E-state index contributed by atoms with van der Waals surface area (Å²) in [6.45, 7) is 4.76. The maximum Gasteiger partial charge on any atom is 0.270 e. The normalized spacial score (nSPS) is 15.2. The smallest absolute Gasteiger partial charge is 0.270 e. The van der Waals surface area contributed by atoms with E-state index in [1.807, 2.05) is 50.2 Å². The van der Waals surface area contributed by atoms with Crippen LogP contribution in [-0.2, 0) is 9.59 Å². The number of carbonyl (C=O) groups excluding carboxylic acids is 2. The van der Waals surface area contributed by atoms with E-state index in [1.54, 1.807) is 30.3 Å². The van der Waals surface area contributed by atoms with Crippen molar-refractivity contribution in [2.45, 2.75) is 13.8 Å². The van der Waals surface area contributed by atoms with Crippen molar-refractivity contribution in [3.05, 3.63) is 71.8 Å². The Labute approximate surface area is 191 Å². The lowest BCUT2D eigenvalue weighted by atomic mass is 9.99. The van der Waals surface area contributed by atoms with Crippen molar-refractivity contribution in [1.29, 1.82) is 0 Å². The third kappa shape index (κ3) is 4.07. The molecule has 1 saturated heterocycles. The molecule has 1 heterocycles. The predicted molar refractivity (Wildman–Crippen MR) is 129 cm³/mol. The van der Waals surface area contributed by atoms with Crippen LogP contribution in [0.4, 0.5) is 5.69 Å². The number of benzene rings is 3. The molecule has 3 aromatic rings. The molecular formula is C25H22N2O4S. The average Bonchev–Trinajstić information content (AvgIpc) is 2.78. The number of carbonyl (C=O) groups is 2. The number of hydrogen-bond donors (Lipinski definition) is 1. The molecule has 7 heteroatoms. The standard InChI is InChI=1S/C25H22N2O4S/c1-3-30-18-12-10-16-11-13-22(31-4-2)20(19(16)14-18)15-21-23(28)26-25(32)27(24(21)29)17-8-6-5-7-9-17/h5-15H,3-4H2,1-2H3,(H,26,28,32)/b21-15+. The summed E-state index contributed by atoms with van der Waals surface area (Å²) in [5, 5.41) is 4.42. The fourth-order valence-electron chi connectivity index (χ4n) is 3.60. The predicted octanol–water partition coefficient (Wildman–Crippen LogP) is 4.47. The van der Waals surface area contributed by atoms with E-state index in [4.69, 9.17) is 21.7 Å². The molecule has 0 atom stereocenters. The van der Waals surface area contributed by atoms with Crippen molar-refractivity contribution in [3.63, 3.8) is 0 Å². The highest BCUT2D eigenvalue weighted by atomic mass is 32.1. The molecule has 0 aliphatic carbocycles. The van der Waals surface area contributed by atoms with E-state index >= 15 is 0 Å². The first-order valence-corrected chi connectivity index (χ1v) is 10.7. The fourth-order valence-corrected chi connectivity index (χ4v) is 3.88. The summed E-state index contributed by atoms with van der Waals surface area (Å²) < 4.78 is 11.5. The first-order valence-electron chi connectivity index (χ1n) is 10.3. The van der Waals surface area contributed by atoms with Crippen molar-refractivity contribution < 1.29 is 19.1 Å². The average molecular weight is 447 g/mol. The zero-order valence-electron chi connectivity index (χ0n) is 17.8. The Morgan fingerprint density at radius 3 is 2.41 bits per heavy atom. The van der Waals surface area contributed by atoms with E-state index in [0.717, 1.165) is 10.8 Å². The Hall–Kier alpha value is -3.71. The van der Waals surface area contributed by atoms with Gasteiger partial charge in [-0.2, -0.15) is 0 Å². The van der Waals surface area contributed by atoms with Crippen LogP contribution in [0, 0.1) is 0 Å². The number of amides is 2. The van der Waals surface area contributed by atoms with Crippen LogP contribution < -0.4 is 19.7 Å². The molecule has 4 rings (SSSR count). The third-order valence-corrected chi connectivity index (χ3v) is 5.29. The molecule has 1 fully saturated rings. The lowest BCUT2D eigenvalue weighted by Gasteiger charge is -2.29.